The summed E-state index contributed by atoms with van der Waals surface area (Å²) in [5.41, 5.74) is 1.26. The molecule has 0 radical (unpaired) electrons. The van der Waals surface area contributed by atoms with Crippen LogP contribution in [0, 0.1) is 5.92 Å². The predicted molar refractivity (Wildman–Crippen MR) is 75.4 cm³/mol. The summed E-state index contributed by atoms with van der Waals surface area (Å²) in [5.74, 6) is 0.399. The highest BCUT2D eigenvalue weighted by Gasteiger charge is 2.03. The van der Waals surface area contributed by atoms with Crippen LogP contribution in [0.25, 0.3) is 0 Å². The fraction of sp³-hybridized carbons (Fsp3) is 0.375. The van der Waals surface area contributed by atoms with Gasteiger partial charge in [-0.2, -0.15) is 0 Å². The summed E-state index contributed by atoms with van der Waals surface area (Å²) < 4.78 is 0. The third-order valence-electron chi connectivity index (χ3n) is 2.25. The van der Waals surface area contributed by atoms with Gasteiger partial charge in [0.05, 0.1) is 0 Å². The predicted octanol–water partition coefficient (Wildman–Crippen LogP) is 5.22. The van der Waals surface area contributed by atoms with Crippen molar-refractivity contribution in [1.29, 1.82) is 0 Å². The van der Waals surface area contributed by atoms with E-state index in [4.69, 9.17) is 0 Å². The van der Waals surface area contributed by atoms with Crippen molar-refractivity contribution in [2.24, 2.45) is 5.92 Å². The molecule has 1 unspecified atom stereocenters. The topological polar surface area (TPSA) is 0 Å². The van der Waals surface area contributed by atoms with Crippen molar-refractivity contribution in [1.82, 2.24) is 0 Å². The zero-order chi connectivity index (χ0) is 12.2. The molecule has 0 spiro atoms. The molecule has 0 saturated heterocycles. The summed E-state index contributed by atoms with van der Waals surface area (Å²) in [7, 11) is 0. The van der Waals surface area contributed by atoms with Crippen LogP contribution in [0.5, 0.6) is 0 Å². The van der Waals surface area contributed by atoms with Gasteiger partial charge in [-0.25, -0.2) is 0 Å². The van der Waals surface area contributed by atoms with Crippen molar-refractivity contribution < 1.29 is 0 Å². The van der Waals surface area contributed by atoms with Gasteiger partial charge < -0.3 is 0 Å². The van der Waals surface area contributed by atoms with Gasteiger partial charge >= 0.3 is 0 Å². The molecule has 0 bridgehead atoms. The van der Waals surface area contributed by atoms with Crippen LogP contribution in [0.15, 0.2) is 60.8 Å². The summed E-state index contributed by atoms with van der Waals surface area (Å²) >= 11 is 0. The van der Waals surface area contributed by atoms with E-state index >= 15 is 0 Å². The Kier molecular flexibility index (Phi) is 9.39. The van der Waals surface area contributed by atoms with Crippen LogP contribution in [-0.2, 0) is 0 Å². The van der Waals surface area contributed by atoms with Crippen molar-refractivity contribution >= 4 is 0 Å². The van der Waals surface area contributed by atoms with Crippen LogP contribution in [0.3, 0.4) is 0 Å². The zero-order valence-corrected chi connectivity index (χ0v) is 10.8. The molecule has 1 atom stereocenters. The molecule has 0 heterocycles. The molecule has 0 aliphatic heterocycles. The summed E-state index contributed by atoms with van der Waals surface area (Å²) in [6.07, 6.45) is 19.2. The van der Waals surface area contributed by atoms with E-state index in [-0.39, 0.29) is 0 Å². The first-order chi connectivity index (χ1) is 7.84. The molecule has 0 aromatic carbocycles. The molecule has 0 fully saturated rings. The van der Waals surface area contributed by atoms with Gasteiger partial charge in [0, 0.05) is 5.92 Å². The second-order valence-corrected chi connectivity index (χ2v) is 3.43. The fourth-order valence-corrected chi connectivity index (χ4v) is 1.44. The highest BCUT2D eigenvalue weighted by molar-refractivity contribution is 5.22. The Bertz CT molecular complexity index is 287. The minimum Gasteiger partial charge on any atom is -0.0986 e. The molecule has 0 amide bonds. The van der Waals surface area contributed by atoms with Crippen LogP contribution in [0.2, 0.25) is 0 Å². The van der Waals surface area contributed by atoms with Gasteiger partial charge in [-0.15, -0.1) is 0 Å². The Balaban J connectivity index is 0.00000106. The highest BCUT2D eigenvalue weighted by atomic mass is 14.1. The third kappa shape index (κ3) is 6.23. The van der Waals surface area contributed by atoms with E-state index in [0.29, 0.717) is 5.92 Å². The molecular formula is C16H24. The lowest BCUT2D eigenvalue weighted by atomic mass is 9.95. The van der Waals surface area contributed by atoms with Gasteiger partial charge in [0.15, 0.2) is 0 Å². The van der Waals surface area contributed by atoms with E-state index in [1.54, 1.807) is 0 Å². The van der Waals surface area contributed by atoms with E-state index in [9.17, 15) is 0 Å². The molecule has 1 aliphatic carbocycles. The lowest BCUT2D eigenvalue weighted by Crippen LogP contribution is -1.95. The molecule has 0 aromatic rings. The van der Waals surface area contributed by atoms with Gasteiger partial charge in [-0.05, 0) is 19.8 Å². The molecule has 1 aliphatic rings. The molecule has 88 valence electrons. The molecule has 0 saturated carbocycles. The van der Waals surface area contributed by atoms with Crippen LogP contribution in [0.4, 0.5) is 0 Å². The standard InChI is InChI=1S/C14H18.C2H6/c1-3-10-14-12-9-7-5-4-6-8-11-13(14)2;1-2/h3-6,8-10,12,14H,2,7,11H2,1H3;1-2H3/b5-4-,8-6-,10-3-,12-9-;. The normalized spacial score (nSPS) is 26.7. The SMILES string of the molecule is C=C1C/C=C\C=C/C/C=C\C1/C=C\C.CC. The van der Waals surface area contributed by atoms with Crippen molar-refractivity contribution in [3.05, 3.63) is 60.8 Å². The Hall–Kier alpha value is -1.30. The molecule has 0 N–H and O–H groups in total. The first-order valence-corrected chi connectivity index (χ1v) is 6.13. The minimum atomic E-state index is 0.399. The maximum Gasteiger partial charge on any atom is 0.0157 e. The number of allylic oxidation sites excluding steroid dienone is 9. The van der Waals surface area contributed by atoms with Gasteiger partial charge in [0.25, 0.3) is 0 Å². The van der Waals surface area contributed by atoms with E-state index < -0.39 is 0 Å². The maximum atomic E-state index is 4.11. The number of hydrogen-bond donors (Lipinski definition) is 0. The molecule has 0 aromatic heterocycles. The lowest BCUT2D eigenvalue weighted by Gasteiger charge is -2.10. The van der Waals surface area contributed by atoms with Crippen LogP contribution in [0.1, 0.15) is 33.6 Å². The smallest absolute Gasteiger partial charge is 0.0157 e. The second kappa shape index (κ2) is 10.2. The van der Waals surface area contributed by atoms with Gasteiger partial charge in [0.1, 0.15) is 0 Å². The lowest BCUT2D eigenvalue weighted by molar-refractivity contribution is 0.920. The number of hydrogen-bond acceptors (Lipinski definition) is 0. The average Bonchev–Trinajstić information content (AvgIpc) is 2.33. The van der Waals surface area contributed by atoms with Crippen molar-refractivity contribution in [2.75, 3.05) is 0 Å². The van der Waals surface area contributed by atoms with E-state index in [1.165, 1.54) is 5.57 Å². The third-order valence-corrected chi connectivity index (χ3v) is 2.25. The number of rotatable bonds is 1. The van der Waals surface area contributed by atoms with Crippen LogP contribution in [-0.4, -0.2) is 0 Å². The van der Waals surface area contributed by atoms with Gasteiger partial charge in [-0.1, -0.05) is 74.6 Å². The Labute approximate surface area is 101 Å². The van der Waals surface area contributed by atoms with E-state index in [1.807, 2.05) is 13.8 Å². The van der Waals surface area contributed by atoms with Gasteiger partial charge in [0.2, 0.25) is 0 Å². The fourth-order valence-electron chi connectivity index (χ4n) is 1.44. The van der Waals surface area contributed by atoms with E-state index in [0.717, 1.165) is 12.8 Å². The maximum absolute atomic E-state index is 4.11. The monoisotopic (exact) mass is 216 g/mol. The molecule has 0 heteroatoms. The molecule has 16 heavy (non-hydrogen) atoms. The van der Waals surface area contributed by atoms with Crippen LogP contribution < -0.4 is 0 Å². The summed E-state index contributed by atoms with van der Waals surface area (Å²) in [5, 5.41) is 0. The highest BCUT2D eigenvalue weighted by Crippen LogP contribution is 2.18. The van der Waals surface area contributed by atoms with Crippen LogP contribution >= 0.6 is 0 Å². The second-order valence-electron chi connectivity index (χ2n) is 3.43. The first-order valence-electron chi connectivity index (χ1n) is 6.13. The quantitative estimate of drug-likeness (QED) is 0.527. The summed E-state index contributed by atoms with van der Waals surface area (Å²) in [6.45, 7) is 10.2. The Morgan fingerprint density at radius 3 is 2.56 bits per heavy atom. The summed E-state index contributed by atoms with van der Waals surface area (Å²) in [6, 6.07) is 0. The summed E-state index contributed by atoms with van der Waals surface area (Å²) in [4.78, 5) is 0. The van der Waals surface area contributed by atoms with Crippen molar-refractivity contribution in [3.63, 3.8) is 0 Å². The van der Waals surface area contributed by atoms with Crippen molar-refractivity contribution in [3.8, 4) is 0 Å². The molecule has 0 nitrogen and oxygen atoms in total. The Morgan fingerprint density at radius 1 is 1.19 bits per heavy atom. The molecular weight excluding hydrogens is 192 g/mol. The molecule has 1 rings (SSSR count). The largest absolute Gasteiger partial charge is 0.0986 e. The minimum absolute atomic E-state index is 0.399. The van der Waals surface area contributed by atoms with Gasteiger partial charge in [-0.3, -0.25) is 0 Å². The van der Waals surface area contributed by atoms with Crippen molar-refractivity contribution in [2.45, 2.75) is 33.6 Å². The zero-order valence-electron chi connectivity index (χ0n) is 10.8. The first kappa shape index (κ1) is 14.7. The Morgan fingerprint density at radius 2 is 1.88 bits per heavy atom. The average molecular weight is 216 g/mol. The van der Waals surface area contributed by atoms with E-state index in [2.05, 4.69) is 62.1 Å².